The molecule has 1 aliphatic rings. The Kier molecular flexibility index (Phi) is 3.09. The van der Waals surface area contributed by atoms with Crippen LogP contribution in [0.2, 0.25) is 0 Å². The molecule has 0 unspecified atom stereocenters. The summed E-state index contributed by atoms with van der Waals surface area (Å²) in [6.07, 6.45) is 6.79. The number of thiophene rings is 1. The predicted molar refractivity (Wildman–Crippen MR) is 75.0 cm³/mol. The number of hydrogen-bond acceptors (Lipinski definition) is 5. The Morgan fingerprint density at radius 2 is 2.28 bits per heavy atom. The molecule has 1 saturated carbocycles. The summed E-state index contributed by atoms with van der Waals surface area (Å²) in [4.78, 5) is 5.46. The lowest BCUT2D eigenvalue weighted by molar-refractivity contribution is 0.229. The molecular formula is C12H12BrN3OS. The van der Waals surface area contributed by atoms with Gasteiger partial charge in [-0.2, -0.15) is 4.98 Å². The van der Waals surface area contributed by atoms with Crippen LogP contribution in [0.25, 0.3) is 12.2 Å². The molecule has 1 fully saturated rings. The first-order valence-corrected chi connectivity index (χ1v) is 7.38. The third-order valence-corrected chi connectivity index (χ3v) is 4.77. The standard InChI is InChI=1S/C12H12BrN3OS/c13-8-6-9(18-7-8)2-3-10-15-11(16-17-10)12(14)4-1-5-12/h2-3,6-7H,1,4-5,14H2/b3-2+. The van der Waals surface area contributed by atoms with Gasteiger partial charge < -0.3 is 10.3 Å². The number of nitrogens with two attached hydrogens (primary N) is 1. The average Bonchev–Trinajstić information content (AvgIpc) is 2.92. The molecule has 0 atom stereocenters. The SMILES string of the molecule is NC1(c2noc(/C=C/c3cc(Br)cs3)n2)CCC1. The summed E-state index contributed by atoms with van der Waals surface area (Å²) in [5.41, 5.74) is 5.78. The molecule has 3 rings (SSSR count). The van der Waals surface area contributed by atoms with Crippen LogP contribution in [-0.2, 0) is 5.54 Å². The van der Waals surface area contributed by atoms with Gasteiger partial charge in [-0.3, -0.25) is 0 Å². The van der Waals surface area contributed by atoms with Crippen LogP contribution in [0.5, 0.6) is 0 Å². The van der Waals surface area contributed by atoms with Gasteiger partial charge in [0.2, 0.25) is 0 Å². The van der Waals surface area contributed by atoms with Crippen molar-refractivity contribution in [2.24, 2.45) is 5.73 Å². The number of hydrogen-bond donors (Lipinski definition) is 1. The Bertz CT molecular complexity index is 586. The second-order valence-corrected chi connectivity index (χ2v) is 6.33. The van der Waals surface area contributed by atoms with E-state index in [1.165, 1.54) is 0 Å². The molecule has 18 heavy (non-hydrogen) atoms. The normalized spacial score (nSPS) is 18.1. The Labute approximate surface area is 117 Å². The zero-order chi connectivity index (χ0) is 12.6. The van der Waals surface area contributed by atoms with Crippen molar-refractivity contribution in [3.8, 4) is 0 Å². The van der Waals surface area contributed by atoms with Crippen molar-refractivity contribution in [3.63, 3.8) is 0 Å². The summed E-state index contributed by atoms with van der Waals surface area (Å²) < 4.78 is 6.26. The lowest BCUT2D eigenvalue weighted by Gasteiger charge is -2.34. The highest BCUT2D eigenvalue weighted by Crippen LogP contribution is 2.36. The first-order chi connectivity index (χ1) is 8.66. The molecule has 0 bridgehead atoms. The van der Waals surface area contributed by atoms with E-state index < -0.39 is 0 Å². The highest BCUT2D eigenvalue weighted by Gasteiger charge is 2.38. The van der Waals surface area contributed by atoms with Crippen molar-refractivity contribution in [1.29, 1.82) is 0 Å². The molecule has 2 aromatic rings. The van der Waals surface area contributed by atoms with Crippen LogP contribution >= 0.6 is 27.3 Å². The summed E-state index contributed by atoms with van der Waals surface area (Å²) in [6.45, 7) is 0. The van der Waals surface area contributed by atoms with Gasteiger partial charge in [0.1, 0.15) is 0 Å². The topological polar surface area (TPSA) is 64.9 Å². The molecule has 0 amide bonds. The minimum absolute atomic E-state index is 0.360. The maximum absolute atomic E-state index is 6.13. The van der Waals surface area contributed by atoms with E-state index in [0.29, 0.717) is 11.7 Å². The molecule has 0 spiro atoms. The number of nitrogens with zero attached hydrogens (tertiary/aromatic N) is 2. The molecule has 0 aromatic carbocycles. The Morgan fingerprint density at radius 3 is 2.89 bits per heavy atom. The van der Waals surface area contributed by atoms with Gasteiger partial charge in [-0.25, -0.2) is 0 Å². The first-order valence-electron chi connectivity index (χ1n) is 5.71. The Balaban J connectivity index is 1.75. The fraction of sp³-hybridized carbons (Fsp3) is 0.333. The van der Waals surface area contributed by atoms with Crippen LogP contribution in [-0.4, -0.2) is 10.1 Å². The molecular weight excluding hydrogens is 314 g/mol. The van der Waals surface area contributed by atoms with Crippen molar-refractivity contribution in [2.75, 3.05) is 0 Å². The monoisotopic (exact) mass is 325 g/mol. The summed E-state index contributed by atoms with van der Waals surface area (Å²) in [5.74, 6) is 1.13. The average molecular weight is 326 g/mol. The van der Waals surface area contributed by atoms with Crippen LogP contribution < -0.4 is 5.73 Å². The zero-order valence-electron chi connectivity index (χ0n) is 9.60. The zero-order valence-corrected chi connectivity index (χ0v) is 12.0. The van der Waals surface area contributed by atoms with E-state index in [9.17, 15) is 0 Å². The van der Waals surface area contributed by atoms with Gasteiger partial charge in [0.05, 0.1) is 5.54 Å². The second-order valence-electron chi connectivity index (χ2n) is 4.47. The van der Waals surface area contributed by atoms with Crippen molar-refractivity contribution in [2.45, 2.75) is 24.8 Å². The Morgan fingerprint density at radius 1 is 1.44 bits per heavy atom. The molecule has 6 heteroatoms. The van der Waals surface area contributed by atoms with Crippen molar-refractivity contribution in [1.82, 2.24) is 10.1 Å². The fourth-order valence-corrected chi connectivity index (χ4v) is 3.19. The smallest absolute Gasteiger partial charge is 0.250 e. The van der Waals surface area contributed by atoms with Crippen LogP contribution in [0.1, 0.15) is 35.9 Å². The fourth-order valence-electron chi connectivity index (χ4n) is 1.86. The summed E-state index contributed by atoms with van der Waals surface area (Å²) in [7, 11) is 0. The highest BCUT2D eigenvalue weighted by molar-refractivity contribution is 9.10. The first kappa shape index (κ1) is 12.1. The summed E-state index contributed by atoms with van der Waals surface area (Å²) >= 11 is 5.06. The van der Waals surface area contributed by atoms with Gasteiger partial charge >= 0.3 is 0 Å². The Hall–Kier alpha value is -0.980. The molecule has 94 valence electrons. The molecule has 2 aromatic heterocycles. The van der Waals surface area contributed by atoms with E-state index in [0.717, 1.165) is 28.6 Å². The molecule has 4 nitrogen and oxygen atoms in total. The van der Waals surface area contributed by atoms with Crippen molar-refractivity contribution < 1.29 is 4.52 Å². The minimum Gasteiger partial charge on any atom is -0.335 e. The maximum atomic E-state index is 6.13. The molecule has 0 saturated heterocycles. The number of halogens is 1. The highest BCUT2D eigenvalue weighted by atomic mass is 79.9. The van der Waals surface area contributed by atoms with Gasteiger partial charge in [-0.1, -0.05) is 5.16 Å². The van der Waals surface area contributed by atoms with Gasteiger partial charge in [-0.05, 0) is 47.3 Å². The van der Waals surface area contributed by atoms with E-state index >= 15 is 0 Å². The third kappa shape index (κ3) is 2.28. The van der Waals surface area contributed by atoms with E-state index in [-0.39, 0.29) is 5.54 Å². The molecule has 2 heterocycles. The van der Waals surface area contributed by atoms with Gasteiger partial charge in [0.15, 0.2) is 5.82 Å². The van der Waals surface area contributed by atoms with Crippen molar-refractivity contribution in [3.05, 3.63) is 32.5 Å². The molecule has 0 radical (unpaired) electrons. The minimum atomic E-state index is -0.360. The van der Waals surface area contributed by atoms with Crippen molar-refractivity contribution >= 4 is 39.4 Å². The van der Waals surface area contributed by atoms with Crippen LogP contribution in [0.4, 0.5) is 0 Å². The summed E-state index contributed by atoms with van der Waals surface area (Å²) in [5, 5.41) is 5.99. The summed E-state index contributed by atoms with van der Waals surface area (Å²) in [6, 6.07) is 2.04. The molecule has 1 aliphatic carbocycles. The number of aromatic nitrogens is 2. The van der Waals surface area contributed by atoms with Gasteiger partial charge in [0, 0.05) is 20.8 Å². The van der Waals surface area contributed by atoms with E-state index in [4.69, 9.17) is 10.3 Å². The van der Waals surface area contributed by atoms with Gasteiger partial charge in [-0.15, -0.1) is 11.3 Å². The lowest BCUT2D eigenvalue weighted by atomic mass is 9.77. The largest absolute Gasteiger partial charge is 0.335 e. The van der Waals surface area contributed by atoms with E-state index in [1.54, 1.807) is 11.3 Å². The number of rotatable bonds is 3. The van der Waals surface area contributed by atoms with Gasteiger partial charge in [0.25, 0.3) is 5.89 Å². The maximum Gasteiger partial charge on any atom is 0.250 e. The predicted octanol–water partition coefficient (Wildman–Crippen LogP) is 3.40. The quantitative estimate of drug-likeness (QED) is 0.939. The van der Waals surface area contributed by atoms with E-state index in [1.807, 2.05) is 23.6 Å². The van der Waals surface area contributed by atoms with E-state index in [2.05, 4.69) is 26.1 Å². The van der Waals surface area contributed by atoms with Crippen LogP contribution in [0.15, 0.2) is 20.4 Å². The second kappa shape index (κ2) is 4.60. The lowest BCUT2D eigenvalue weighted by Crippen LogP contribution is -2.44. The third-order valence-electron chi connectivity index (χ3n) is 3.11. The van der Waals surface area contributed by atoms with Crippen LogP contribution in [0.3, 0.4) is 0 Å². The molecule has 2 N–H and O–H groups in total. The molecule has 0 aliphatic heterocycles. The van der Waals surface area contributed by atoms with Crippen LogP contribution in [0, 0.1) is 0 Å².